The summed E-state index contributed by atoms with van der Waals surface area (Å²) in [6, 6.07) is 6.81. The van der Waals surface area contributed by atoms with Crippen LogP contribution in [0.4, 0.5) is 4.79 Å². The molecule has 1 fully saturated rings. The van der Waals surface area contributed by atoms with E-state index >= 15 is 0 Å². The molecule has 5 nitrogen and oxygen atoms in total. The lowest BCUT2D eigenvalue weighted by molar-refractivity contribution is -0.271. The summed E-state index contributed by atoms with van der Waals surface area (Å²) in [5.41, 5.74) is 1.53. The van der Waals surface area contributed by atoms with E-state index in [-0.39, 0.29) is 0 Å². The Balaban J connectivity index is 1.96. The summed E-state index contributed by atoms with van der Waals surface area (Å²) in [6.07, 6.45) is 10.2. The minimum Gasteiger partial charge on any atom is -0.444 e. The molecule has 0 atom stereocenters. The molecule has 1 heterocycles. The predicted octanol–water partition coefficient (Wildman–Crippen LogP) is 7.17. The van der Waals surface area contributed by atoms with Gasteiger partial charge in [0.25, 0.3) is 0 Å². The molecule has 0 unspecified atom stereocenters. The number of carbonyl (C=O) groups excluding carboxylic acids is 1. The van der Waals surface area contributed by atoms with Gasteiger partial charge in [-0.15, -0.1) is 0 Å². The smallest absolute Gasteiger partial charge is 0.408 e. The molecule has 0 spiro atoms. The van der Waals surface area contributed by atoms with Crippen molar-refractivity contribution in [2.75, 3.05) is 13.2 Å². The molecule has 0 saturated carbocycles. The Kier molecular flexibility index (Phi) is 10.9. The first kappa shape index (κ1) is 28.4. The summed E-state index contributed by atoms with van der Waals surface area (Å²) < 4.78 is 18.7. The Morgan fingerprint density at radius 2 is 1.70 bits per heavy atom. The number of carbonyl (C=O) groups is 1. The summed E-state index contributed by atoms with van der Waals surface area (Å²) in [7, 11) is 0. The third-order valence-corrected chi connectivity index (χ3v) is 6.97. The quantitative estimate of drug-likeness (QED) is 0.225. The van der Waals surface area contributed by atoms with Crippen LogP contribution in [0.15, 0.2) is 18.2 Å². The third-order valence-electron chi connectivity index (χ3n) is 5.97. The molecule has 1 aromatic rings. The number of amides is 1. The van der Waals surface area contributed by atoms with Gasteiger partial charge < -0.3 is 19.5 Å². The number of aryl methyl sites for hydroxylation is 2. The van der Waals surface area contributed by atoms with Gasteiger partial charge in [-0.05, 0) is 100 Å². The molecule has 1 aliphatic rings. The van der Waals surface area contributed by atoms with Gasteiger partial charge >= 0.3 is 6.09 Å². The molecular formula is C27H44INO4. The van der Waals surface area contributed by atoms with Crippen LogP contribution in [0.5, 0.6) is 0 Å². The molecule has 2 rings (SSSR count). The number of rotatable bonds is 11. The van der Waals surface area contributed by atoms with Gasteiger partial charge in [-0.25, -0.2) is 4.79 Å². The zero-order valence-corrected chi connectivity index (χ0v) is 23.7. The number of halogens is 1. The summed E-state index contributed by atoms with van der Waals surface area (Å²) in [5, 5.41) is 3.06. The van der Waals surface area contributed by atoms with Gasteiger partial charge in [0.05, 0.1) is 18.8 Å². The van der Waals surface area contributed by atoms with Crippen LogP contribution in [0.1, 0.15) is 97.6 Å². The van der Waals surface area contributed by atoms with Crippen molar-refractivity contribution in [1.29, 1.82) is 0 Å². The zero-order chi connectivity index (χ0) is 24.5. The maximum Gasteiger partial charge on any atom is 0.408 e. The van der Waals surface area contributed by atoms with E-state index in [1.807, 2.05) is 34.6 Å². The first-order valence-electron chi connectivity index (χ1n) is 12.5. The van der Waals surface area contributed by atoms with E-state index in [0.29, 0.717) is 13.2 Å². The van der Waals surface area contributed by atoms with Gasteiger partial charge in [-0.2, -0.15) is 0 Å². The second kappa shape index (κ2) is 12.7. The maximum atomic E-state index is 12.6. The van der Waals surface area contributed by atoms with Crippen molar-refractivity contribution in [3.63, 3.8) is 0 Å². The topological polar surface area (TPSA) is 56.8 Å². The number of nitrogens with one attached hydrogen (secondary N) is 1. The highest BCUT2D eigenvalue weighted by Gasteiger charge is 2.42. The molecule has 1 aliphatic heterocycles. The van der Waals surface area contributed by atoms with Crippen molar-refractivity contribution < 1.29 is 19.0 Å². The SMILES string of the molecule is CCCCCCCCc1ccc(CCC2(NC(=O)OC(C)(C)C)COC(C)(C)OC2)c(I)c1. The standard InChI is InChI=1S/C27H44INO4/c1-7-8-9-10-11-12-13-21-14-15-22(23(28)18-21)16-17-27(19-31-26(5,6)32-20-27)29-24(30)33-25(2,3)4/h14-15,18H,7-13,16-17,19-20H2,1-6H3,(H,29,30). The first-order chi connectivity index (χ1) is 15.4. The number of hydrogen-bond acceptors (Lipinski definition) is 4. The number of ether oxygens (including phenoxy) is 3. The highest BCUT2D eigenvalue weighted by Crippen LogP contribution is 2.29. The molecule has 188 valence electrons. The Hall–Kier alpha value is -0.860. The van der Waals surface area contributed by atoms with Gasteiger partial charge in [-0.1, -0.05) is 51.2 Å². The molecular weight excluding hydrogens is 529 g/mol. The fraction of sp³-hybridized carbons (Fsp3) is 0.741. The molecule has 0 aliphatic carbocycles. The monoisotopic (exact) mass is 573 g/mol. The Morgan fingerprint density at radius 1 is 1.06 bits per heavy atom. The predicted molar refractivity (Wildman–Crippen MR) is 143 cm³/mol. The van der Waals surface area contributed by atoms with Crippen LogP contribution in [-0.2, 0) is 27.1 Å². The van der Waals surface area contributed by atoms with E-state index in [0.717, 1.165) is 19.3 Å². The lowest BCUT2D eigenvalue weighted by Crippen LogP contribution is -2.61. The molecule has 1 aromatic carbocycles. The Labute approximate surface area is 214 Å². The van der Waals surface area contributed by atoms with Crippen molar-refractivity contribution in [2.24, 2.45) is 0 Å². The molecule has 1 saturated heterocycles. The lowest BCUT2D eigenvalue weighted by Gasteiger charge is -2.44. The van der Waals surface area contributed by atoms with Gasteiger partial charge in [0.15, 0.2) is 5.79 Å². The van der Waals surface area contributed by atoms with E-state index < -0.39 is 23.0 Å². The molecule has 33 heavy (non-hydrogen) atoms. The highest BCUT2D eigenvalue weighted by atomic mass is 127. The fourth-order valence-corrected chi connectivity index (χ4v) is 4.79. The highest BCUT2D eigenvalue weighted by molar-refractivity contribution is 14.1. The third kappa shape index (κ3) is 10.5. The number of unbranched alkanes of at least 4 members (excludes halogenated alkanes) is 5. The van der Waals surface area contributed by atoms with Gasteiger partial charge in [0, 0.05) is 3.57 Å². The molecule has 1 N–H and O–H groups in total. The fourth-order valence-electron chi connectivity index (χ4n) is 3.94. The minimum absolute atomic E-state index is 0.395. The van der Waals surface area contributed by atoms with Crippen LogP contribution in [0.3, 0.4) is 0 Å². The van der Waals surface area contributed by atoms with Crippen LogP contribution in [0, 0.1) is 3.57 Å². The number of benzene rings is 1. The molecule has 0 bridgehead atoms. The zero-order valence-electron chi connectivity index (χ0n) is 21.5. The molecule has 0 aromatic heterocycles. The maximum absolute atomic E-state index is 12.6. The van der Waals surface area contributed by atoms with E-state index in [1.165, 1.54) is 53.2 Å². The van der Waals surface area contributed by atoms with Gasteiger partial charge in [0.1, 0.15) is 5.60 Å². The summed E-state index contributed by atoms with van der Waals surface area (Å²) >= 11 is 2.44. The van der Waals surface area contributed by atoms with Gasteiger partial charge in [0.2, 0.25) is 0 Å². The summed E-state index contributed by atoms with van der Waals surface area (Å²) in [5.74, 6) is -0.647. The summed E-state index contributed by atoms with van der Waals surface area (Å²) in [4.78, 5) is 12.6. The second-order valence-corrected chi connectivity index (χ2v) is 12.0. The average Bonchev–Trinajstić information content (AvgIpc) is 2.71. The van der Waals surface area contributed by atoms with Crippen molar-refractivity contribution in [3.8, 4) is 0 Å². The van der Waals surface area contributed by atoms with Gasteiger partial charge in [-0.3, -0.25) is 0 Å². The second-order valence-electron chi connectivity index (χ2n) is 10.8. The molecule has 0 radical (unpaired) electrons. The van der Waals surface area contributed by atoms with Crippen molar-refractivity contribution in [3.05, 3.63) is 32.9 Å². The van der Waals surface area contributed by atoms with Crippen molar-refractivity contribution in [1.82, 2.24) is 5.32 Å². The van der Waals surface area contributed by atoms with E-state index in [1.54, 1.807) is 0 Å². The Morgan fingerprint density at radius 3 is 2.30 bits per heavy atom. The van der Waals surface area contributed by atoms with Crippen LogP contribution in [0.2, 0.25) is 0 Å². The largest absolute Gasteiger partial charge is 0.444 e. The number of hydrogen-bond donors (Lipinski definition) is 1. The van der Waals surface area contributed by atoms with E-state index in [2.05, 4.69) is 53.0 Å². The normalized spacial score (nSPS) is 17.5. The first-order valence-corrected chi connectivity index (χ1v) is 13.6. The van der Waals surface area contributed by atoms with Crippen molar-refractivity contribution >= 4 is 28.7 Å². The van der Waals surface area contributed by atoms with Crippen LogP contribution in [-0.4, -0.2) is 36.2 Å². The lowest BCUT2D eigenvalue weighted by atomic mass is 9.91. The van der Waals surface area contributed by atoms with E-state index in [4.69, 9.17) is 14.2 Å². The molecule has 1 amide bonds. The van der Waals surface area contributed by atoms with E-state index in [9.17, 15) is 4.79 Å². The van der Waals surface area contributed by atoms with Crippen LogP contribution in [0.25, 0.3) is 0 Å². The summed E-state index contributed by atoms with van der Waals surface area (Å²) in [6.45, 7) is 12.4. The Bertz CT molecular complexity index is 747. The van der Waals surface area contributed by atoms with Crippen LogP contribution >= 0.6 is 22.6 Å². The minimum atomic E-state index is -0.647. The average molecular weight is 574 g/mol. The van der Waals surface area contributed by atoms with Crippen molar-refractivity contribution in [2.45, 2.75) is 116 Å². The molecule has 6 heteroatoms. The number of alkyl carbamates (subject to hydrolysis) is 1. The van der Waals surface area contributed by atoms with Crippen LogP contribution < -0.4 is 5.32 Å².